The number of aromatic amines is 1. The van der Waals surface area contributed by atoms with E-state index in [1.165, 1.54) is 6.42 Å². The molecule has 2 aliphatic carbocycles. The predicted molar refractivity (Wildman–Crippen MR) is 69.0 cm³/mol. The van der Waals surface area contributed by atoms with Crippen LogP contribution in [0.25, 0.3) is 0 Å². The standard InChI is InChI=1S/C13H20N4O/c1-6-7(2)16-17-12(6)15-13(18)10-8-3-4-9(5-8)11(10)14/h8-11H,3-5,14H2,1-2H3,(H2,15,16,17,18). The van der Waals surface area contributed by atoms with Crippen molar-refractivity contribution in [3.63, 3.8) is 0 Å². The molecule has 3 rings (SSSR count). The quantitative estimate of drug-likeness (QED) is 0.738. The van der Waals surface area contributed by atoms with E-state index in [1.54, 1.807) is 0 Å². The van der Waals surface area contributed by atoms with Crippen LogP contribution in [0.4, 0.5) is 5.82 Å². The van der Waals surface area contributed by atoms with E-state index in [2.05, 4.69) is 15.5 Å². The van der Waals surface area contributed by atoms with Crippen LogP contribution in [0.3, 0.4) is 0 Å². The van der Waals surface area contributed by atoms with E-state index in [-0.39, 0.29) is 17.9 Å². The average molecular weight is 248 g/mol. The number of nitrogens with two attached hydrogens (primary N) is 1. The van der Waals surface area contributed by atoms with Crippen LogP contribution < -0.4 is 11.1 Å². The van der Waals surface area contributed by atoms with Crippen molar-refractivity contribution in [1.82, 2.24) is 10.2 Å². The SMILES string of the molecule is Cc1[nH]nc(NC(=O)C2C3CCC(C3)C2N)c1C. The van der Waals surface area contributed by atoms with Crippen LogP contribution in [0.15, 0.2) is 0 Å². The number of fused-ring (bicyclic) bond motifs is 2. The Morgan fingerprint density at radius 1 is 1.39 bits per heavy atom. The average Bonchev–Trinajstić information content (AvgIpc) is 2.99. The van der Waals surface area contributed by atoms with E-state index in [9.17, 15) is 4.79 Å². The van der Waals surface area contributed by atoms with Gasteiger partial charge in [-0.15, -0.1) is 0 Å². The van der Waals surface area contributed by atoms with Crippen molar-refractivity contribution in [2.24, 2.45) is 23.5 Å². The van der Waals surface area contributed by atoms with Crippen molar-refractivity contribution >= 4 is 11.7 Å². The van der Waals surface area contributed by atoms with Gasteiger partial charge in [-0.1, -0.05) is 0 Å². The maximum absolute atomic E-state index is 12.3. The van der Waals surface area contributed by atoms with E-state index < -0.39 is 0 Å². The first-order chi connectivity index (χ1) is 8.58. The number of nitrogens with one attached hydrogen (secondary N) is 2. The second-order valence-corrected chi connectivity index (χ2v) is 5.75. The first kappa shape index (κ1) is 11.7. The number of carbonyl (C=O) groups is 1. The third-order valence-corrected chi connectivity index (χ3v) is 4.78. The van der Waals surface area contributed by atoms with E-state index in [4.69, 9.17) is 5.73 Å². The molecule has 0 radical (unpaired) electrons. The van der Waals surface area contributed by atoms with Crippen LogP contribution in [0.5, 0.6) is 0 Å². The van der Waals surface area contributed by atoms with E-state index in [1.807, 2.05) is 13.8 Å². The molecule has 0 aromatic carbocycles. The number of hydrogen-bond donors (Lipinski definition) is 3. The van der Waals surface area contributed by atoms with Crippen molar-refractivity contribution in [2.45, 2.75) is 39.2 Å². The van der Waals surface area contributed by atoms with Gasteiger partial charge in [0.15, 0.2) is 5.82 Å². The largest absolute Gasteiger partial charge is 0.327 e. The molecule has 4 unspecified atom stereocenters. The van der Waals surface area contributed by atoms with Crippen molar-refractivity contribution in [2.75, 3.05) is 5.32 Å². The molecule has 5 nitrogen and oxygen atoms in total. The Labute approximate surface area is 107 Å². The molecular formula is C13H20N4O. The lowest BCUT2D eigenvalue weighted by molar-refractivity contribution is -0.121. The summed E-state index contributed by atoms with van der Waals surface area (Å²) < 4.78 is 0. The van der Waals surface area contributed by atoms with Gasteiger partial charge in [0.05, 0.1) is 5.92 Å². The summed E-state index contributed by atoms with van der Waals surface area (Å²) in [7, 11) is 0. The molecular weight excluding hydrogens is 228 g/mol. The molecule has 2 aliphatic rings. The zero-order valence-corrected chi connectivity index (χ0v) is 10.9. The maximum Gasteiger partial charge on any atom is 0.230 e. The number of H-pyrrole nitrogens is 1. The van der Waals surface area contributed by atoms with Gasteiger partial charge >= 0.3 is 0 Å². The lowest BCUT2D eigenvalue weighted by Gasteiger charge is -2.26. The zero-order valence-electron chi connectivity index (χ0n) is 10.9. The highest BCUT2D eigenvalue weighted by Crippen LogP contribution is 2.47. The molecule has 0 saturated heterocycles. The lowest BCUT2D eigenvalue weighted by Crippen LogP contribution is -2.42. The molecule has 4 N–H and O–H groups in total. The minimum atomic E-state index is -0.0276. The van der Waals surface area contributed by atoms with Crippen molar-refractivity contribution in [3.05, 3.63) is 11.3 Å². The summed E-state index contributed by atoms with van der Waals surface area (Å²) in [5.41, 5.74) is 8.16. The third kappa shape index (κ3) is 1.65. The van der Waals surface area contributed by atoms with Gasteiger partial charge in [-0.05, 0) is 44.9 Å². The fraction of sp³-hybridized carbons (Fsp3) is 0.692. The van der Waals surface area contributed by atoms with Gasteiger partial charge in [0, 0.05) is 17.3 Å². The smallest absolute Gasteiger partial charge is 0.230 e. The number of aryl methyl sites for hydroxylation is 1. The first-order valence-corrected chi connectivity index (χ1v) is 6.66. The van der Waals surface area contributed by atoms with Crippen LogP contribution in [0, 0.1) is 31.6 Å². The second kappa shape index (κ2) is 4.09. The van der Waals surface area contributed by atoms with Crippen LogP contribution >= 0.6 is 0 Å². The molecule has 2 bridgehead atoms. The fourth-order valence-electron chi connectivity index (χ4n) is 3.53. The van der Waals surface area contributed by atoms with Gasteiger partial charge in [0.25, 0.3) is 0 Å². The first-order valence-electron chi connectivity index (χ1n) is 6.66. The molecule has 1 heterocycles. The van der Waals surface area contributed by atoms with Crippen molar-refractivity contribution in [1.29, 1.82) is 0 Å². The molecule has 18 heavy (non-hydrogen) atoms. The number of anilines is 1. The van der Waals surface area contributed by atoms with Crippen LogP contribution in [-0.4, -0.2) is 22.1 Å². The Hall–Kier alpha value is -1.36. The van der Waals surface area contributed by atoms with Crippen LogP contribution in [-0.2, 0) is 4.79 Å². The van der Waals surface area contributed by atoms with E-state index in [0.717, 1.165) is 24.1 Å². The summed E-state index contributed by atoms with van der Waals surface area (Å²) in [4.78, 5) is 12.3. The zero-order chi connectivity index (χ0) is 12.9. The number of nitrogens with zero attached hydrogens (tertiary/aromatic N) is 1. The summed E-state index contributed by atoms with van der Waals surface area (Å²) in [6.45, 7) is 3.90. The van der Waals surface area contributed by atoms with Gasteiger partial charge in [-0.2, -0.15) is 5.10 Å². The molecule has 0 spiro atoms. The summed E-state index contributed by atoms with van der Waals surface area (Å²) in [6, 6.07) is 0.0316. The summed E-state index contributed by atoms with van der Waals surface area (Å²) >= 11 is 0. The Morgan fingerprint density at radius 3 is 2.67 bits per heavy atom. The summed E-state index contributed by atoms with van der Waals surface area (Å²) in [5.74, 6) is 1.69. The van der Waals surface area contributed by atoms with Crippen LogP contribution in [0.1, 0.15) is 30.5 Å². The number of carbonyl (C=O) groups excluding carboxylic acids is 1. The summed E-state index contributed by atoms with van der Waals surface area (Å²) in [5, 5.41) is 9.93. The minimum Gasteiger partial charge on any atom is -0.327 e. The molecule has 2 saturated carbocycles. The molecule has 5 heteroatoms. The third-order valence-electron chi connectivity index (χ3n) is 4.78. The highest BCUT2D eigenvalue weighted by atomic mass is 16.2. The predicted octanol–water partition coefficient (Wildman–Crippen LogP) is 1.34. The van der Waals surface area contributed by atoms with Gasteiger partial charge in [0.2, 0.25) is 5.91 Å². The molecule has 1 aromatic rings. The maximum atomic E-state index is 12.3. The second-order valence-electron chi connectivity index (χ2n) is 5.75. The number of aromatic nitrogens is 2. The number of amides is 1. The van der Waals surface area contributed by atoms with Crippen molar-refractivity contribution in [3.8, 4) is 0 Å². The van der Waals surface area contributed by atoms with Crippen LogP contribution in [0.2, 0.25) is 0 Å². The molecule has 2 fully saturated rings. The molecule has 1 aromatic heterocycles. The molecule has 98 valence electrons. The van der Waals surface area contributed by atoms with E-state index >= 15 is 0 Å². The molecule has 0 aliphatic heterocycles. The monoisotopic (exact) mass is 248 g/mol. The Balaban J connectivity index is 1.74. The molecule has 4 atom stereocenters. The number of rotatable bonds is 2. The highest BCUT2D eigenvalue weighted by molar-refractivity contribution is 5.93. The normalized spacial score (nSPS) is 33.9. The topological polar surface area (TPSA) is 83.8 Å². The van der Waals surface area contributed by atoms with Crippen molar-refractivity contribution < 1.29 is 4.79 Å². The Kier molecular flexibility index (Phi) is 2.66. The van der Waals surface area contributed by atoms with E-state index in [0.29, 0.717) is 17.7 Å². The number of hydrogen-bond acceptors (Lipinski definition) is 3. The van der Waals surface area contributed by atoms with Gasteiger partial charge in [-0.3, -0.25) is 9.89 Å². The molecule has 1 amide bonds. The lowest BCUT2D eigenvalue weighted by atomic mass is 9.84. The van der Waals surface area contributed by atoms with Gasteiger partial charge in [-0.25, -0.2) is 0 Å². The van der Waals surface area contributed by atoms with Gasteiger partial charge in [0.1, 0.15) is 0 Å². The van der Waals surface area contributed by atoms with Gasteiger partial charge < -0.3 is 11.1 Å². The summed E-state index contributed by atoms with van der Waals surface area (Å²) in [6.07, 6.45) is 3.46. The highest BCUT2D eigenvalue weighted by Gasteiger charge is 2.49. The minimum absolute atomic E-state index is 0.0276. The fourth-order valence-corrected chi connectivity index (χ4v) is 3.53. The Bertz CT molecular complexity index is 479. The Morgan fingerprint density at radius 2 is 2.11 bits per heavy atom.